The predicted molar refractivity (Wildman–Crippen MR) is 84.0 cm³/mol. The van der Waals surface area contributed by atoms with Crippen molar-refractivity contribution in [3.63, 3.8) is 0 Å². The summed E-state index contributed by atoms with van der Waals surface area (Å²) in [6.45, 7) is 9.96. The summed E-state index contributed by atoms with van der Waals surface area (Å²) >= 11 is 0. The van der Waals surface area contributed by atoms with Crippen LogP contribution in [0.2, 0.25) is 0 Å². The fraction of sp³-hybridized carbons (Fsp3) is 0.438. The summed E-state index contributed by atoms with van der Waals surface area (Å²) in [4.78, 5) is 0. The summed E-state index contributed by atoms with van der Waals surface area (Å²) in [7, 11) is -0.503. The Morgan fingerprint density at radius 2 is 1.59 bits per heavy atom. The molecule has 4 nitrogen and oxygen atoms in total. The summed E-state index contributed by atoms with van der Waals surface area (Å²) in [5.74, 6) is -0.273. The molecular formula is C16H20BFN2O2. The molecule has 1 fully saturated rings. The van der Waals surface area contributed by atoms with E-state index >= 15 is 0 Å². The van der Waals surface area contributed by atoms with Gasteiger partial charge in [0.25, 0.3) is 0 Å². The number of hydrogen-bond acceptors (Lipinski definition) is 3. The van der Waals surface area contributed by atoms with E-state index in [0.29, 0.717) is 0 Å². The summed E-state index contributed by atoms with van der Waals surface area (Å²) in [5.41, 5.74) is 1.61. The van der Waals surface area contributed by atoms with E-state index in [4.69, 9.17) is 9.31 Å². The maximum Gasteiger partial charge on any atom is 0.514 e. The zero-order chi connectivity index (χ0) is 16.1. The highest BCUT2D eigenvalue weighted by molar-refractivity contribution is 6.61. The molecule has 0 radical (unpaired) electrons. The van der Waals surface area contributed by atoms with Crippen LogP contribution < -0.4 is 5.59 Å². The lowest BCUT2D eigenvalue weighted by molar-refractivity contribution is 0.00578. The fourth-order valence-corrected chi connectivity index (χ4v) is 2.44. The topological polar surface area (TPSA) is 36.3 Å². The first-order valence-corrected chi connectivity index (χ1v) is 7.38. The molecule has 0 spiro atoms. The Morgan fingerprint density at radius 3 is 2.14 bits per heavy atom. The van der Waals surface area contributed by atoms with Crippen molar-refractivity contribution < 1.29 is 13.7 Å². The second-order valence-corrected chi connectivity index (χ2v) is 6.69. The van der Waals surface area contributed by atoms with Crippen LogP contribution in [0, 0.1) is 12.7 Å². The van der Waals surface area contributed by atoms with Crippen molar-refractivity contribution in [3.8, 4) is 5.69 Å². The monoisotopic (exact) mass is 302 g/mol. The van der Waals surface area contributed by atoms with Crippen LogP contribution >= 0.6 is 0 Å². The van der Waals surface area contributed by atoms with Crippen LogP contribution in [0.15, 0.2) is 30.3 Å². The van der Waals surface area contributed by atoms with E-state index in [2.05, 4.69) is 5.10 Å². The van der Waals surface area contributed by atoms with Crippen molar-refractivity contribution in [3.05, 3.63) is 41.8 Å². The van der Waals surface area contributed by atoms with Crippen molar-refractivity contribution in [1.29, 1.82) is 0 Å². The molecule has 0 aliphatic carbocycles. The van der Waals surface area contributed by atoms with Crippen molar-refractivity contribution in [1.82, 2.24) is 9.78 Å². The van der Waals surface area contributed by atoms with Gasteiger partial charge in [-0.05, 0) is 65.0 Å². The number of benzene rings is 1. The lowest BCUT2D eigenvalue weighted by Gasteiger charge is -2.32. The van der Waals surface area contributed by atoms with E-state index in [1.807, 2.05) is 40.7 Å². The summed E-state index contributed by atoms with van der Waals surface area (Å²) in [6, 6.07) is 8.15. The Labute approximate surface area is 130 Å². The third-order valence-electron chi connectivity index (χ3n) is 4.43. The van der Waals surface area contributed by atoms with Crippen molar-refractivity contribution >= 4 is 12.7 Å². The highest BCUT2D eigenvalue weighted by Gasteiger charge is 2.53. The average molecular weight is 302 g/mol. The minimum absolute atomic E-state index is 0.273. The van der Waals surface area contributed by atoms with Gasteiger partial charge in [-0.25, -0.2) is 9.07 Å². The maximum atomic E-state index is 13.1. The first kappa shape index (κ1) is 15.2. The molecule has 0 atom stereocenters. The Hall–Kier alpha value is -1.66. The van der Waals surface area contributed by atoms with Gasteiger partial charge in [0.2, 0.25) is 0 Å². The van der Waals surface area contributed by atoms with Crippen molar-refractivity contribution in [2.45, 2.75) is 45.8 Å². The zero-order valence-corrected chi connectivity index (χ0v) is 13.6. The molecule has 1 aliphatic heterocycles. The number of aryl methyl sites for hydroxylation is 1. The molecular weight excluding hydrogens is 282 g/mol. The molecule has 22 heavy (non-hydrogen) atoms. The highest BCUT2D eigenvalue weighted by atomic mass is 19.1. The highest BCUT2D eigenvalue weighted by Crippen LogP contribution is 2.36. The molecule has 1 saturated heterocycles. The molecule has 1 aromatic heterocycles. The Kier molecular flexibility index (Phi) is 3.42. The zero-order valence-electron chi connectivity index (χ0n) is 13.6. The van der Waals surface area contributed by atoms with E-state index in [1.54, 1.807) is 16.8 Å². The lowest BCUT2D eigenvalue weighted by atomic mass is 9.84. The Bertz CT molecular complexity index is 679. The quantitative estimate of drug-likeness (QED) is 0.800. The van der Waals surface area contributed by atoms with E-state index < -0.39 is 18.3 Å². The molecule has 2 heterocycles. The maximum absolute atomic E-state index is 13.1. The van der Waals surface area contributed by atoms with Gasteiger partial charge in [-0.15, -0.1) is 0 Å². The van der Waals surface area contributed by atoms with E-state index in [-0.39, 0.29) is 5.82 Å². The van der Waals surface area contributed by atoms with Gasteiger partial charge < -0.3 is 9.31 Å². The molecule has 0 bridgehead atoms. The van der Waals surface area contributed by atoms with Gasteiger partial charge in [-0.3, -0.25) is 0 Å². The van der Waals surface area contributed by atoms with E-state index in [0.717, 1.165) is 17.0 Å². The fourth-order valence-electron chi connectivity index (χ4n) is 2.44. The number of aromatic nitrogens is 2. The molecule has 1 aliphatic rings. The van der Waals surface area contributed by atoms with E-state index in [1.165, 1.54) is 12.1 Å². The average Bonchev–Trinajstić information content (AvgIpc) is 2.89. The molecule has 0 unspecified atom stereocenters. The van der Waals surface area contributed by atoms with Gasteiger partial charge in [0.05, 0.1) is 28.2 Å². The second kappa shape index (κ2) is 4.93. The summed E-state index contributed by atoms with van der Waals surface area (Å²) < 4.78 is 27.1. The minimum Gasteiger partial charge on any atom is -0.398 e. The van der Waals surface area contributed by atoms with Gasteiger partial charge in [0, 0.05) is 0 Å². The first-order chi connectivity index (χ1) is 10.2. The van der Waals surface area contributed by atoms with Crippen molar-refractivity contribution in [2.24, 2.45) is 0 Å². The molecule has 1 aromatic carbocycles. The number of hydrogen-bond donors (Lipinski definition) is 0. The van der Waals surface area contributed by atoms with Gasteiger partial charge >= 0.3 is 7.12 Å². The SMILES string of the molecule is Cc1cc(B2OC(C)(C)C(C)(C)O2)n(-c2ccc(F)cc2)n1. The van der Waals surface area contributed by atoms with Crippen LogP contribution in [-0.4, -0.2) is 28.1 Å². The standard InChI is InChI=1S/C16H20BFN2O2/c1-11-10-14(17-21-15(2,3)16(4,5)22-17)20(19-11)13-8-6-12(18)7-9-13/h6-10H,1-5H3. The van der Waals surface area contributed by atoms with Gasteiger partial charge in [-0.1, -0.05) is 0 Å². The van der Waals surface area contributed by atoms with Crippen LogP contribution in [0.3, 0.4) is 0 Å². The van der Waals surface area contributed by atoms with Gasteiger partial charge in [0.1, 0.15) is 5.82 Å². The second-order valence-electron chi connectivity index (χ2n) is 6.69. The number of rotatable bonds is 2. The lowest BCUT2D eigenvalue weighted by Crippen LogP contribution is -2.41. The smallest absolute Gasteiger partial charge is 0.398 e. The van der Waals surface area contributed by atoms with Gasteiger partial charge in [-0.2, -0.15) is 5.10 Å². The molecule has 3 rings (SSSR count). The summed E-state index contributed by atoms with van der Waals surface area (Å²) in [5, 5.41) is 4.48. The minimum atomic E-state index is -0.503. The molecule has 6 heteroatoms. The first-order valence-electron chi connectivity index (χ1n) is 7.38. The Morgan fingerprint density at radius 1 is 1.05 bits per heavy atom. The van der Waals surface area contributed by atoms with E-state index in [9.17, 15) is 4.39 Å². The largest absolute Gasteiger partial charge is 0.514 e. The van der Waals surface area contributed by atoms with Crippen LogP contribution in [-0.2, 0) is 9.31 Å². The molecule has 0 saturated carbocycles. The van der Waals surface area contributed by atoms with Crippen LogP contribution in [0.25, 0.3) is 5.69 Å². The third kappa shape index (κ3) is 2.46. The molecule has 0 amide bonds. The Balaban J connectivity index is 2.01. The predicted octanol–water partition coefficient (Wildman–Crippen LogP) is 2.62. The normalized spacial score (nSPS) is 19.6. The molecule has 116 valence electrons. The van der Waals surface area contributed by atoms with Gasteiger partial charge in [0.15, 0.2) is 0 Å². The number of halogens is 1. The third-order valence-corrected chi connectivity index (χ3v) is 4.43. The molecule has 2 aromatic rings. The van der Waals surface area contributed by atoms with Crippen LogP contribution in [0.5, 0.6) is 0 Å². The van der Waals surface area contributed by atoms with Crippen LogP contribution in [0.4, 0.5) is 4.39 Å². The van der Waals surface area contributed by atoms with Crippen molar-refractivity contribution in [2.75, 3.05) is 0 Å². The van der Waals surface area contributed by atoms with Crippen LogP contribution in [0.1, 0.15) is 33.4 Å². The number of nitrogens with zero attached hydrogens (tertiary/aromatic N) is 2. The summed E-state index contributed by atoms with van der Waals surface area (Å²) in [6.07, 6.45) is 0. The molecule has 0 N–H and O–H groups in total.